The smallest absolute Gasteiger partial charge is 0.341 e. The molecule has 2 aromatic rings. The molecule has 0 aromatic heterocycles. The Morgan fingerprint density at radius 2 is 1.63 bits per heavy atom. The molecule has 1 fully saturated rings. The average molecular weight is 647 g/mol. The van der Waals surface area contributed by atoms with Crippen LogP contribution in [-0.4, -0.2) is 127 Å². The third-order valence-electron chi connectivity index (χ3n) is 9.04. The molecule has 4 N–H and O–H groups in total. The number of rotatable bonds is 7. The van der Waals surface area contributed by atoms with E-state index in [4.69, 9.17) is 33.2 Å². The number of ketones is 3. The monoisotopic (exact) mass is 646 g/mol. The number of methoxy groups -OCH3 is 5. The molecule has 5 rings (SSSR count). The topological polar surface area (TPSA) is 214 Å². The Morgan fingerprint density at radius 1 is 0.978 bits per heavy atom. The Kier molecular flexibility index (Phi) is 8.49. The van der Waals surface area contributed by atoms with E-state index in [1.54, 1.807) is 6.92 Å². The first-order valence-electron chi connectivity index (χ1n) is 14.0. The van der Waals surface area contributed by atoms with E-state index in [9.17, 15) is 39.6 Å². The molecule has 0 bridgehead atoms. The van der Waals surface area contributed by atoms with E-state index >= 15 is 0 Å². The van der Waals surface area contributed by atoms with Gasteiger partial charge in [-0.25, -0.2) is 4.79 Å². The number of aromatic hydroxyl groups is 1. The largest absolute Gasteiger partial charge is 0.507 e. The summed E-state index contributed by atoms with van der Waals surface area (Å²) in [4.78, 5) is 54.5. The quantitative estimate of drug-likeness (QED) is 0.232. The van der Waals surface area contributed by atoms with E-state index < -0.39 is 94.0 Å². The van der Waals surface area contributed by atoms with Crippen LogP contribution < -0.4 is 4.74 Å². The number of esters is 1. The lowest BCUT2D eigenvalue weighted by Crippen LogP contribution is -2.77. The van der Waals surface area contributed by atoms with Gasteiger partial charge < -0.3 is 53.6 Å². The summed E-state index contributed by atoms with van der Waals surface area (Å²) < 4.78 is 37.9. The number of Topliss-reactive ketones (excluding diaryl/α,β-unsaturated/α-hetero) is 2. The maximum absolute atomic E-state index is 14.1. The molecule has 0 spiro atoms. The fourth-order valence-corrected chi connectivity index (χ4v) is 6.75. The van der Waals surface area contributed by atoms with E-state index in [1.807, 2.05) is 0 Å². The summed E-state index contributed by atoms with van der Waals surface area (Å²) in [5.74, 6) is -6.26. The average Bonchev–Trinajstić information content (AvgIpc) is 3.02. The second-order valence-electron chi connectivity index (χ2n) is 11.2. The van der Waals surface area contributed by atoms with Crippen LogP contribution in [0.5, 0.6) is 11.5 Å². The van der Waals surface area contributed by atoms with Gasteiger partial charge in [-0.15, -0.1) is 0 Å². The Hall–Kier alpha value is -3.96. The van der Waals surface area contributed by atoms with Crippen molar-refractivity contribution in [2.45, 2.75) is 61.9 Å². The van der Waals surface area contributed by atoms with Crippen molar-refractivity contribution in [3.8, 4) is 11.5 Å². The van der Waals surface area contributed by atoms with E-state index in [0.29, 0.717) is 0 Å². The highest BCUT2D eigenvalue weighted by Crippen LogP contribution is 2.50. The third-order valence-corrected chi connectivity index (χ3v) is 9.04. The molecule has 3 aliphatic rings. The number of aliphatic hydroxyl groups is 3. The van der Waals surface area contributed by atoms with Gasteiger partial charge in [0.05, 0.1) is 25.9 Å². The second-order valence-corrected chi connectivity index (χ2v) is 11.2. The number of fused-ring (bicyclic) bond motifs is 3. The van der Waals surface area contributed by atoms with Crippen molar-refractivity contribution < 1.29 is 72.8 Å². The Labute approximate surface area is 262 Å². The molecule has 0 saturated carbocycles. The number of phenolic OH excluding ortho intramolecular Hbond substituents is 1. The lowest BCUT2D eigenvalue weighted by Gasteiger charge is -2.49. The van der Waals surface area contributed by atoms with Gasteiger partial charge in [-0.05, 0) is 36.9 Å². The molecule has 5 unspecified atom stereocenters. The molecular weight excluding hydrogens is 612 g/mol. The van der Waals surface area contributed by atoms with Crippen LogP contribution in [0.1, 0.15) is 43.6 Å². The number of hydrogen-bond acceptors (Lipinski definition) is 15. The van der Waals surface area contributed by atoms with Crippen molar-refractivity contribution in [1.82, 2.24) is 0 Å². The molecule has 8 atom stereocenters. The fourth-order valence-electron chi connectivity index (χ4n) is 6.75. The Bertz CT molecular complexity index is 1680. The molecule has 0 amide bonds. The van der Waals surface area contributed by atoms with Gasteiger partial charge >= 0.3 is 5.97 Å². The SMILES string of the molecule is COC(=O)c1c(OC2OC(C)C(OC)C(OC)C2O)cc2cc3c(c(O)c2c1C)C(=O)[C@]1(OC)C(=O)C=C(OC)[C@@H](O)[C@]1(O)C3=O. The molecule has 1 heterocycles. The standard InChI is InChI=1S/C31H34O15/c1-11-18-13(9-15(19(11)28(38)43-6)46-29-22(34)24(42-5)23(41-4)12(2)45-29)8-14-20(21(18)33)27(37)31(44-7)17(32)10-16(40-3)26(36)30(31,39)25(14)35/h8-10,12,22-24,26,29,33-34,36,39H,1-7H3/t12?,22?,23?,24?,26-,29?,30-,31-/m1/s1. The lowest BCUT2D eigenvalue weighted by atomic mass is 9.60. The van der Waals surface area contributed by atoms with E-state index in [0.717, 1.165) is 33.5 Å². The lowest BCUT2D eigenvalue weighted by molar-refractivity contribution is -0.277. The second kappa shape index (κ2) is 11.7. The van der Waals surface area contributed by atoms with Crippen LogP contribution in [0.4, 0.5) is 0 Å². The Balaban J connectivity index is 1.75. The van der Waals surface area contributed by atoms with Crippen LogP contribution in [0.15, 0.2) is 24.0 Å². The van der Waals surface area contributed by atoms with Gasteiger partial charge in [0.1, 0.15) is 41.1 Å². The molecule has 0 radical (unpaired) electrons. The van der Waals surface area contributed by atoms with Crippen LogP contribution in [-0.2, 0) is 33.2 Å². The highest BCUT2D eigenvalue weighted by atomic mass is 16.7. The Morgan fingerprint density at radius 3 is 2.20 bits per heavy atom. The van der Waals surface area contributed by atoms with E-state index in [2.05, 4.69) is 0 Å². The minimum Gasteiger partial charge on any atom is -0.507 e. The number of carbonyl (C=O) groups excluding carboxylic acids is 4. The van der Waals surface area contributed by atoms with Crippen molar-refractivity contribution in [2.24, 2.45) is 0 Å². The normalized spacial score (nSPS) is 32.5. The molecule has 2 aliphatic carbocycles. The molecule has 46 heavy (non-hydrogen) atoms. The molecule has 15 heteroatoms. The van der Waals surface area contributed by atoms with Crippen LogP contribution >= 0.6 is 0 Å². The number of phenols is 1. The molecule has 1 saturated heterocycles. The first kappa shape index (κ1) is 33.4. The first-order valence-corrected chi connectivity index (χ1v) is 14.0. The van der Waals surface area contributed by atoms with Crippen molar-refractivity contribution in [1.29, 1.82) is 0 Å². The van der Waals surface area contributed by atoms with Gasteiger partial charge in [0.2, 0.25) is 34.8 Å². The minimum atomic E-state index is -3.19. The molecule has 1 aliphatic heterocycles. The number of ether oxygens (including phenoxy) is 7. The number of aryl methyl sites for hydroxylation is 1. The zero-order valence-electron chi connectivity index (χ0n) is 26.0. The van der Waals surface area contributed by atoms with Gasteiger partial charge in [-0.3, -0.25) is 14.4 Å². The summed E-state index contributed by atoms with van der Waals surface area (Å²) in [6.45, 7) is 3.08. The van der Waals surface area contributed by atoms with Crippen LogP contribution in [0.25, 0.3) is 10.8 Å². The summed E-state index contributed by atoms with van der Waals surface area (Å²) in [6, 6.07) is 2.37. The number of benzene rings is 2. The zero-order valence-corrected chi connectivity index (χ0v) is 26.0. The number of hydrogen-bond donors (Lipinski definition) is 4. The highest BCUT2D eigenvalue weighted by Gasteiger charge is 2.74. The highest BCUT2D eigenvalue weighted by molar-refractivity contribution is 6.35. The fraction of sp³-hybridized carbons (Fsp3) is 0.484. The van der Waals surface area contributed by atoms with Crippen molar-refractivity contribution in [2.75, 3.05) is 35.5 Å². The van der Waals surface area contributed by atoms with Crippen molar-refractivity contribution >= 4 is 34.1 Å². The minimum absolute atomic E-state index is 0.0279. The summed E-state index contributed by atoms with van der Waals surface area (Å²) in [6.07, 6.45) is -6.47. The van der Waals surface area contributed by atoms with Crippen LogP contribution in [0.3, 0.4) is 0 Å². The van der Waals surface area contributed by atoms with Gasteiger partial charge in [0.15, 0.2) is 6.10 Å². The number of aliphatic hydroxyl groups excluding tert-OH is 2. The maximum Gasteiger partial charge on any atom is 0.341 e. The van der Waals surface area contributed by atoms with Gasteiger partial charge in [0, 0.05) is 38.4 Å². The first-order chi connectivity index (χ1) is 21.7. The molecule has 15 nitrogen and oxygen atoms in total. The zero-order chi connectivity index (χ0) is 34.0. The molecular formula is C31H34O15. The molecule has 248 valence electrons. The van der Waals surface area contributed by atoms with Gasteiger partial charge in [-0.2, -0.15) is 0 Å². The maximum atomic E-state index is 14.1. The summed E-state index contributed by atoms with van der Waals surface area (Å²) in [7, 11) is 5.88. The van der Waals surface area contributed by atoms with Gasteiger partial charge in [-0.1, -0.05) is 0 Å². The van der Waals surface area contributed by atoms with Crippen LogP contribution in [0.2, 0.25) is 0 Å². The van der Waals surface area contributed by atoms with Crippen molar-refractivity contribution in [3.63, 3.8) is 0 Å². The predicted molar refractivity (Wildman–Crippen MR) is 154 cm³/mol. The molecule has 2 aromatic carbocycles. The van der Waals surface area contributed by atoms with Gasteiger partial charge in [0.25, 0.3) is 0 Å². The van der Waals surface area contributed by atoms with Crippen molar-refractivity contribution in [3.05, 3.63) is 46.2 Å². The summed E-state index contributed by atoms with van der Waals surface area (Å²) >= 11 is 0. The summed E-state index contributed by atoms with van der Waals surface area (Å²) in [5.41, 5.74) is -7.60. The predicted octanol–water partition coefficient (Wildman–Crippen LogP) is 0.124. The van der Waals surface area contributed by atoms with Crippen LogP contribution in [0, 0.1) is 6.92 Å². The van der Waals surface area contributed by atoms with E-state index in [-0.39, 0.29) is 27.6 Å². The third kappa shape index (κ3) is 4.24. The summed E-state index contributed by atoms with van der Waals surface area (Å²) in [5, 5.41) is 45.3. The number of carbonyl (C=O) groups is 4. The van der Waals surface area contributed by atoms with E-state index in [1.165, 1.54) is 27.2 Å².